The van der Waals surface area contributed by atoms with Gasteiger partial charge in [-0.2, -0.15) is 0 Å². The van der Waals surface area contributed by atoms with Crippen molar-refractivity contribution in [2.75, 3.05) is 6.54 Å². The number of carboxylic acid groups (broad SMARTS) is 1. The van der Waals surface area contributed by atoms with Crippen LogP contribution >= 0.6 is 12.2 Å². The number of aliphatic carboxylic acids is 1. The maximum Gasteiger partial charge on any atom is 0.320 e. The Balaban J connectivity index is 3.52. The van der Waals surface area contributed by atoms with Gasteiger partial charge in [0.1, 0.15) is 11.9 Å². The van der Waals surface area contributed by atoms with E-state index < -0.39 is 12.0 Å². The molecule has 0 radical (unpaired) electrons. The third-order valence-electron chi connectivity index (χ3n) is 1.66. The molecule has 0 heterocycles. The Hall–Kier alpha value is -1.01. The molecule has 0 saturated heterocycles. The van der Waals surface area contributed by atoms with Gasteiger partial charge in [-0.1, -0.05) is 12.2 Å². The lowest BCUT2D eigenvalue weighted by Crippen LogP contribution is -2.33. The summed E-state index contributed by atoms with van der Waals surface area (Å²) in [5.74, 6) is -0.782. The van der Waals surface area contributed by atoms with Gasteiger partial charge in [0, 0.05) is 6.54 Å². The Bertz CT molecular complexity index is 243. The first-order valence-electron chi connectivity index (χ1n) is 4.27. The number of rotatable bonds is 6. The van der Waals surface area contributed by atoms with Gasteiger partial charge in [0.25, 0.3) is 0 Å². The van der Waals surface area contributed by atoms with Crippen LogP contribution in [0, 0.1) is 5.41 Å². The second-order valence-corrected chi connectivity index (χ2v) is 3.56. The maximum absolute atomic E-state index is 10.3. The van der Waals surface area contributed by atoms with Crippen molar-refractivity contribution in [2.24, 2.45) is 5.73 Å². The van der Waals surface area contributed by atoms with Crippen molar-refractivity contribution in [1.29, 1.82) is 5.41 Å². The van der Waals surface area contributed by atoms with Crippen LogP contribution in [0.5, 0.6) is 0 Å². The summed E-state index contributed by atoms with van der Waals surface area (Å²) >= 11 is 4.76. The van der Waals surface area contributed by atoms with Gasteiger partial charge in [-0.25, -0.2) is 0 Å². The summed E-state index contributed by atoms with van der Waals surface area (Å²) in [6, 6.07) is -0.820. The summed E-state index contributed by atoms with van der Waals surface area (Å²) in [4.78, 5) is 10.8. The van der Waals surface area contributed by atoms with Crippen LogP contribution in [0.3, 0.4) is 0 Å². The lowest BCUT2D eigenvalue weighted by Gasteiger charge is -2.08. The van der Waals surface area contributed by atoms with Crippen molar-refractivity contribution in [3.63, 3.8) is 0 Å². The van der Waals surface area contributed by atoms with E-state index in [1.165, 1.54) is 0 Å². The molecule has 0 fully saturated rings. The molecule has 5 N–H and O–H groups in total. The van der Waals surface area contributed by atoms with Gasteiger partial charge in [0.15, 0.2) is 0 Å². The van der Waals surface area contributed by atoms with Gasteiger partial charge in [-0.15, -0.1) is 0 Å². The van der Waals surface area contributed by atoms with Crippen LogP contribution in [-0.4, -0.2) is 34.4 Å². The summed E-state index contributed by atoms with van der Waals surface area (Å²) < 4.78 is 0. The van der Waals surface area contributed by atoms with E-state index in [1.807, 2.05) is 0 Å². The molecule has 0 spiro atoms. The van der Waals surface area contributed by atoms with E-state index >= 15 is 0 Å². The molecule has 14 heavy (non-hydrogen) atoms. The Labute approximate surface area is 88.2 Å². The van der Waals surface area contributed by atoms with E-state index in [0.717, 1.165) is 0 Å². The van der Waals surface area contributed by atoms with Crippen LogP contribution in [0.2, 0.25) is 0 Å². The maximum atomic E-state index is 10.3. The number of amidine groups is 1. The van der Waals surface area contributed by atoms with E-state index in [0.29, 0.717) is 24.3 Å². The van der Waals surface area contributed by atoms with Crippen LogP contribution in [0.25, 0.3) is 0 Å². The Kier molecular flexibility index (Phi) is 5.98. The molecule has 0 aromatic heterocycles. The quantitative estimate of drug-likeness (QED) is 0.219. The normalized spacial score (nSPS) is 11.9. The molecule has 6 heteroatoms. The van der Waals surface area contributed by atoms with Gasteiger partial charge in [-0.05, 0) is 19.8 Å². The monoisotopic (exact) mass is 217 g/mol. The third kappa shape index (κ3) is 5.60. The van der Waals surface area contributed by atoms with Gasteiger partial charge in [-0.3, -0.25) is 10.2 Å². The molecule has 0 aromatic carbocycles. The Morgan fingerprint density at radius 3 is 2.71 bits per heavy atom. The molecule has 0 aliphatic carbocycles. The second-order valence-electron chi connectivity index (χ2n) is 2.94. The van der Waals surface area contributed by atoms with Crippen molar-refractivity contribution in [3.8, 4) is 0 Å². The highest BCUT2D eigenvalue weighted by molar-refractivity contribution is 7.82. The largest absolute Gasteiger partial charge is 0.480 e. The van der Waals surface area contributed by atoms with Crippen molar-refractivity contribution < 1.29 is 9.90 Å². The molecule has 0 saturated carbocycles. The average Bonchev–Trinajstić information content (AvgIpc) is 2.11. The third-order valence-corrected chi connectivity index (χ3v) is 1.87. The molecule has 1 unspecified atom stereocenters. The number of hydrogen-bond donors (Lipinski definition) is 4. The predicted molar refractivity (Wildman–Crippen MR) is 58.8 cm³/mol. The van der Waals surface area contributed by atoms with E-state index in [-0.39, 0.29) is 5.84 Å². The van der Waals surface area contributed by atoms with Crippen molar-refractivity contribution >= 4 is 28.9 Å². The van der Waals surface area contributed by atoms with Gasteiger partial charge < -0.3 is 16.2 Å². The van der Waals surface area contributed by atoms with Crippen LogP contribution in [0.4, 0.5) is 0 Å². The van der Waals surface area contributed by atoms with E-state index in [1.54, 1.807) is 6.92 Å². The number of carbonyl (C=O) groups is 1. The smallest absolute Gasteiger partial charge is 0.320 e. The average molecular weight is 217 g/mol. The molecule has 0 aliphatic heterocycles. The molecule has 0 bridgehead atoms. The second kappa shape index (κ2) is 6.44. The van der Waals surface area contributed by atoms with Crippen LogP contribution in [-0.2, 0) is 4.79 Å². The highest BCUT2D eigenvalue weighted by atomic mass is 32.1. The first kappa shape index (κ1) is 13.0. The number of hydrogen-bond acceptors (Lipinski definition) is 4. The minimum Gasteiger partial charge on any atom is -0.480 e. The lowest BCUT2D eigenvalue weighted by atomic mass is 10.2. The number of nitrogens with one attached hydrogen (secondary N) is 2. The first-order chi connectivity index (χ1) is 6.45. The van der Waals surface area contributed by atoms with Gasteiger partial charge in [0.05, 0.1) is 4.86 Å². The number of carboxylic acids is 1. The standard InChI is InChI=1S/C8H15N3O2S/c1-5(14)7(10)11-4-2-3-6(9)8(12)13/h6H,2-4,9H2,1H3,(H2,10,11)(H,12,13). The zero-order chi connectivity index (χ0) is 11.1. The summed E-state index contributed by atoms with van der Waals surface area (Å²) in [5, 5.41) is 18.6. The summed E-state index contributed by atoms with van der Waals surface area (Å²) in [5.41, 5.74) is 5.29. The molecule has 80 valence electrons. The number of nitrogens with two attached hydrogens (primary N) is 1. The number of thiocarbonyl (C=S) groups is 1. The fourth-order valence-corrected chi connectivity index (χ4v) is 0.855. The van der Waals surface area contributed by atoms with Gasteiger partial charge >= 0.3 is 5.97 Å². The van der Waals surface area contributed by atoms with Crippen molar-refractivity contribution in [2.45, 2.75) is 25.8 Å². The van der Waals surface area contributed by atoms with E-state index in [2.05, 4.69) is 5.32 Å². The fourth-order valence-electron chi connectivity index (χ4n) is 0.783. The topological polar surface area (TPSA) is 99.2 Å². The summed E-state index contributed by atoms with van der Waals surface area (Å²) in [7, 11) is 0. The SMILES string of the molecule is CC(=S)C(=N)NCCCC(N)C(=O)O. The van der Waals surface area contributed by atoms with Crippen molar-refractivity contribution in [3.05, 3.63) is 0 Å². The van der Waals surface area contributed by atoms with E-state index in [4.69, 9.17) is 28.5 Å². The molecule has 5 nitrogen and oxygen atoms in total. The summed E-state index contributed by atoms with van der Waals surface area (Å²) in [6.45, 7) is 2.18. The molecular weight excluding hydrogens is 202 g/mol. The fraction of sp³-hybridized carbons (Fsp3) is 0.625. The predicted octanol–water partition coefficient (Wildman–Crippen LogP) is 0.135. The highest BCUT2D eigenvalue weighted by Crippen LogP contribution is 1.93. The van der Waals surface area contributed by atoms with Gasteiger partial charge in [0.2, 0.25) is 0 Å². The Morgan fingerprint density at radius 2 is 2.29 bits per heavy atom. The first-order valence-corrected chi connectivity index (χ1v) is 4.67. The van der Waals surface area contributed by atoms with Crippen LogP contribution < -0.4 is 11.1 Å². The van der Waals surface area contributed by atoms with E-state index in [9.17, 15) is 4.79 Å². The molecule has 1 atom stereocenters. The molecule has 0 amide bonds. The summed E-state index contributed by atoms with van der Waals surface area (Å²) in [6.07, 6.45) is 1.00. The highest BCUT2D eigenvalue weighted by Gasteiger charge is 2.10. The lowest BCUT2D eigenvalue weighted by molar-refractivity contribution is -0.138. The minimum atomic E-state index is -0.994. The van der Waals surface area contributed by atoms with Crippen molar-refractivity contribution in [1.82, 2.24) is 5.32 Å². The molecule has 0 rings (SSSR count). The molecule has 0 aromatic rings. The molecule has 0 aliphatic rings. The minimum absolute atomic E-state index is 0.212. The van der Waals surface area contributed by atoms with Crippen LogP contribution in [0.15, 0.2) is 0 Å². The Morgan fingerprint density at radius 1 is 1.71 bits per heavy atom. The van der Waals surface area contributed by atoms with Crippen LogP contribution in [0.1, 0.15) is 19.8 Å². The zero-order valence-corrected chi connectivity index (χ0v) is 8.86. The molecular formula is C8H15N3O2S. The zero-order valence-electron chi connectivity index (χ0n) is 8.04.